The summed E-state index contributed by atoms with van der Waals surface area (Å²) < 4.78 is 47.4. The van der Waals surface area contributed by atoms with E-state index in [9.17, 15) is 0 Å². The molecule has 3 aromatic heterocycles. The lowest BCUT2D eigenvalue weighted by Gasteiger charge is -2.13. The minimum absolute atomic E-state index is 0.162. The highest BCUT2D eigenvalue weighted by molar-refractivity contribution is 7.26. The molecule has 0 N–H and O–H groups in total. The molecule has 0 radical (unpaired) electrons. The molecule has 11 aromatic rings. The summed E-state index contributed by atoms with van der Waals surface area (Å²) in [5, 5.41) is 6.08. The fourth-order valence-electron chi connectivity index (χ4n) is 7.67. The first-order chi connectivity index (χ1) is 28.8. The zero-order valence-electron chi connectivity index (χ0n) is 33.6. The van der Waals surface area contributed by atoms with Crippen LogP contribution in [0, 0.1) is 0 Å². The third-order valence-corrected chi connectivity index (χ3v) is 11.3. The van der Waals surface area contributed by atoms with Crippen molar-refractivity contribution in [2.24, 2.45) is 0 Å². The zero-order valence-corrected chi connectivity index (χ0v) is 29.4. The molecular formula is C49H30N4S. The van der Waals surface area contributed by atoms with E-state index in [4.69, 9.17) is 21.8 Å². The summed E-state index contributed by atoms with van der Waals surface area (Å²) in [7, 11) is 0. The Labute approximate surface area is 322 Å². The summed E-state index contributed by atoms with van der Waals surface area (Å²) in [6, 6.07) is 49.5. The second-order valence-corrected chi connectivity index (χ2v) is 14.3. The van der Waals surface area contributed by atoms with E-state index in [-0.39, 0.29) is 29.7 Å². The van der Waals surface area contributed by atoms with Gasteiger partial charge in [0.15, 0.2) is 17.5 Å². The molecule has 252 valence electrons. The lowest BCUT2D eigenvalue weighted by Crippen LogP contribution is -2.01. The number of hydrogen-bond donors (Lipinski definition) is 0. The van der Waals surface area contributed by atoms with Gasteiger partial charge in [-0.1, -0.05) is 145 Å². The number of hydrogen-bond acceptors (Lipinski definition) is 4. The van der Waals surface area contributed by atoms with Crippen molar-refractivity contribution in [1.82, 2.24) is 19.5 Å². The summed E-state index contributed by atoms with van der Waals surface area (Å²) in [4.78, 5) is 15.5. The number of aromatic nitrogens is 4. The van der Waals surface area contributed by atoms with E-state index in [1.54, 1.807) is 11.3 Å². The van der Waals surface area contributed by atoms with Crippen LogP contribution < -0.4 is 0 Å². The SMILES string of the molecule is [2H]c1c([2H])c([2H])c(-c2cccc3sc4c(-c5nc(-c6ccccc6)nc(-c6ccc7ccccc7c6)n5)cc(-n5c6ccccc6c6ccccc65)cc4c23)c([2H])c1[2H]. The molecule has 0 bridgehead atoms. The van der Waals surface area contributed by atoms with E-state index in [0.29, 0.717) is 23.0 Å². The molecule has 0 atom stereocenters. The van der Waals surface area contributed by atoms with Crippen LogP contribution in [0.1, 0.15) is 6.85 Å². The largest absolute Gasteiger partial charge is 0.309 e. The Morgan fingerprint density at radius 2 is 1.13 bits per heavy atom. The van der Waals surface area contributed by atoms with Crippen LogP contribution in [0.2, 0.25) is 0 Å². The normalized spacial score (nSPS) is 13.0. The fourth-order valence-corrected chi connectivity index (χ4v) is 8.89. The van der Waals surface area contributed by atoms with Gasteiger partial charge in [0.05, 0.1) is 17.9 Å². The Kier molecular flexibility index (Phi) is 5.92. The third kappa shape index (κ3) is 4.94. The van der Waals surface area contributed by atoms with Crippen LogP contribution in [0.15, 0.2) is 182 Å². The zero-order chi connectivity index (χ0) is 39.9. The van der Waals surface area contributed by atoms with Gasteiger partial charge in [0.2, 0.25) is 0 Å². The maximum Gasteiger partial charge on any atom is 0.165 e. The minimum Gasteiger partial charge on any atom is -0.309 e. The third-order valence-electron chi connectivity index (χ3n) is 10.1. The molecular weight excluding hydrogens is 677 g/mol. The smallest absolute Gasteiger partial charge is 0.165 e. The van der Waals surface area contributed by atoms with Gasteiger partial charge in [0.25, 0.3) is 0 Å². The number of para-hydroxylation sites is 2. The van der Waals surface area contributed by atoms with E-state index < -0.39 is 6.04 Å². The molecule has 0 aliphatic rings. The molecule has 0 amide bonds. The van der Waals surface area contributed by atoms with Crippen molar-refractivity contribution in [1.29, 1.82) is 0 Å². The Morgan fingerprint density at radius 3 is 1.91 bits per heavy atom. The Bertz CT molecular complexity index is 3440. The van der Waals surface area contributed by atoms with Crippen LogP contribution in [0.4, 0.5) is 0 Å². The second kappa shape index (κ2) is 12.3. The average Bonchev–Trinajstić information content (AvgIpc) is 3.84. The molecule has 54 heavy (non-hydrogen) atoms. The lowest BCUT2D eigenvalue weighted by atomic mass is 9.98. The fraction of sp³-hybridized carbons (Fsp3) is 0. The van der Waals surface area contributed by atoms with Crippen LogP contribution in [0.25, 0.3) is 104 Å². The predicted molar refractivity (Wildman–Crippen MR) is 226 cm³/mol. The summed E-state index contributed by atoms with van der Waals surface area (Å²) >= 11 is 1.57. The Balaban J connectivity index is 1.27. The molecule has 3 heterocycles. The van der Waals surface area contributed by atoms with Crippen LogP contribution in [-0.4, -0.2) is 19.5 Å². The topological polar surface area (TPSA) is 43.6 Å². The summed E-state index contributed by atoms with van der Waals surface area (Å²) in [5.41, 5.74) is 6.16. The van der Waals surface area contributed by atoms with Gasteiger partial charge in [-0.2, -0.15) is 0 Å². The van der Waals surface area contributed by atoms with Crippen LogP contribution in [0.3, 0.4) is 0 Å². The molecule has 5 heteroatoms. The van der Waals surface area contributed by atoms with Gasteiger partial charge in [0, 0.05) is 53.3 Å². The average molecular weight is 712 g/mol. The van der Waals surface area contributed by atoms with E-state index >= 15 is 0 Å². The van der Waals surface area contributed by atoms with Crippen molar-refractivity contribution in [3.63, 3.8) is 0 Å². The molecule has 0 saturated heterocycles. The predicted octanol–water partition coefficient (Wildman–Crippen LogP) is 13.2. The summed E-state index contributed by atoms with van der Waals surface area (Å²) in [6.45, 7) is 0. The van der Waals surface area contributed by atoms with Crippen molar-refractivity contribution < 1.29 is 6.85 Å². The van der Waals surface area contributed by atoms with Crippen LogP contribution in [0.5, 0.6) is 0 Å². The van der Waals surface area contributed by atoms with E-state index in [1.165, 1.54) is 0 Å². The maximum atomic E-state index is 8.98. The standard InChI is InChI=1S/C49H30N4S/c1-3-15-32(16-4-1)37-22-13-25-44-45(37)40-29-36(53-42-23-11-9-20-38(42)39-21-10-12-24-43(39)53)30-41(46(40)54-44)49-51-47(33-17-5-2-6-18-33)50-48(52-49)35-27-26-31-14-7-8-19-34(31)28-35/h1-30H/i1D,3D,4D,15D,16D. The minimum atomic E-state index is -0.423. The first-order valence-electron chi connectivity index (χ1n) is 20.2. The monoisotopic (exact) mass is 711 g/mol. The van der Waals surface area contributed by atoms with Crippen molar-refractivity contribution in [2.75, 3.05) is 0 Å². The molecule has 0 spiro atoms. The highest BCUT2D eigenvalue weighted by Crippen LogP contribution is 2.46. The van der Waals surface area contributed by atoms with Gasteiger partial charge in [-0.05, 0) is 58.3 Å². The number of benzene rings is 8. The maximum absolute atomic E-state index is 8.98. The van der Waals surface area contributed by atoms with Gasteiger partial charge in [0.1, 0.15) is 0 Å². The molecule has 11 rings (SSSR count). The van der Waals surface area contributed by atoms with Gasteiger partial charge < -0.3 is 4.57 Å². The van der Waals surface area contributed by atoms with Crippen LogP contribution in [-0.2, 0) is 0 Å². The first kappa shape index (κ1) is 25.9. The number of rotatable bonds is 5. The first-order valence-corrected chi connectivity index (χ1v) is 18.5. The molecule has 4 nitrogen and oxygen atoms in total. The Hall–Kier alpha value is -6.95. The molecule has 0 aliphatic heterocycles. The van der Waals surface area contributed by atoms with E-state index in [1.807, 2.05) is 78.9 Å². The highest BCUT2D eigenvalue weighted by atomic mass is 32.1. The Morgan fingerprint density at radius 1 is 0.463 bits per heavy atom. The van der Waals surface area contributed by atoms with Gasteiger partial charge in [-0.15, -0.1) is 11.3 Å². The van der Waals surface area contributed by atoms with Gasteiger partial charge in [-0.25, -0.2) is 15.0 Å². The van der Waals surface area contributed by atoms with Gasteiger partial charge >= 0.3 is 0 Å². The summed E-state index contributed by atoms with van der Waals surface area (Å²) in [5.74, 6) is 1.57. The molecule has 0 unspecified atom stereocenters. The van der Waals surface area contributed by atoms with E-state index in [2.05, 4.69) is 77.4 Å². The number of nitrogens with zero attached hydrogens (tertiary/aromatic N) is 4. The number of fused-ring (bicyclic) bond motifs is 7. The lowest BCUT2D eigenvalue weighted by molar-refractivity contribution is 1.08. The molecule has 0 saturated carbocycles. The molecule has 0 fully saturated rings. The number of thiophene rings is 1. The highest BCUT2D eigenvalue weighted by Gasteiger charge is 2.22. The van der Waals surface area contributed by atoms with E-state index in [0.717, 1.165) is 75.1 Å². The summed E-state index contributed by atoms with van der Waals surface area (Å²) in [6.07, 6.45) is 0. The van der Waals surface area contributed by atoms with Crippen molar-refractivity contribution in [2.45, 2.75) is 0 Å². The van der Waals surface area contributed by atoms with Crippen molar-refractivity contribution >= 4 is 64.1 Å². The van der Waals surface area contributed by atoms with Gasteiger partial charge in [-0.3, -0.25) is 0 Å². The van der Waals surface area contributed by atoms with Crippen molar-refractivity contribution in [3.05, 3.63) is 182 Å². The van der Waals surface area contributed by atoms with Crippen LogP contribution >= 0.6 is 11.3 Å². The quantitative estimate of drug-likeness (QED) is 0.178. The molecule has 0 aliphatic carbocycles. The molecule has 8 aromatic carbocycles. The van der Waals surface area contributed by atoms with Crippen molar-refractivity contribution in [3.8, 4) is 51.0 Å². The second-order valence-electron chi connectivity index (χ2n) is 13.3.